The molecular weight excluding hydrogens is 186 g/mol. The SMILES string of the molecule is C[C@H]1CNCC[C@@H]1c1cccc(C=O)c1. The highest BCUT2D eigenvalue weighted by Crippen LogP contribution is 2.29. The lowest BCUT2D eigenvalue weighted by Crippen LogP contribution is -2.33. The smallest absolute Gasteiger partial charge is 0.150 e. The molecule has 1 heterocycles. The van der Waals surface area contributed by atoms with Crippen molar-refractivity contribution in [3.05, 3.63) is 35.4 Å². The van der Waals surface area contributed by atoms with Crippen molar-refractivity contribution in [3.8, 4) is 0 Å². The van der Waals surface area contributed by atoms with Crippen LogP contribution in [0.4, 0.5) is 0 Å². The van der Waals surface area contributed by atoms with Gasteiger partial charge in [-0.05, 0) is 43.0 Å². The van der Waals surface area contributed by atoms with Crippen molar-refractivity contribution in [3.63, 3.8) is 0 Å². The monoisotopic (exact) mass is 203 g/mol. The van der Waals surface area contributed by atoms with Crippen LogP contribution >= 0.6 is 0 Å². The highest BCUT2D eigenvalue weighted by molar-refractivity contribution is 5.75. The maximum Gasteiger partial charge on any atom is 0.150 e. The van der Waals surface area contributed by atoms with Gasteiger partial charge in [0.15, 0.2) is 0 Å². The first kappa shape index (κ1) is 10.4. The van der Waals surface area contributed by atoms with Crippen LogP contribution in [0.3, 0.4) is 0 Å². The van der Waals surface area contributed by atoms with Crippen molar-refractivity contribution < 1.29 is 4.79 Å². The third-order valence-electron chi connectivity index (χ3n) is 3.26. The number of carbonyl (C=O) groups is 1. The molecule has 2 rings (SSSR count). The predicted molar refractivity (Wildman–Crippen MR) is 61.2 cm³/mol. The third kappa shape index (κ3) is 2.26. The number of rotatable bonds is 2. The first-order valence-corrected chi connectivity index (χ1v) is 5.57. The van der Waals surface area contributed by atoms with Gasteiger partial charge in [-0.3, -0.25) is 4.79 Å². The molecule has 1 aliphatic rings. The minimum Gasteiger partial charge on any atom is -0.316 e. The zero-order chi connectivity index (χ0) is 10.7. The number of hydrogen-bond acceptors (Lipinski definition) is 2. The Kier molecular flexibility index (Phi) is 3.17. The number of hydrogen-bond donors (Lipinski definition) is 1. The lowest BCUT2D eigenvalue weighted by molar-refractivity contribution is 0.112. The van der Waals surface area contributed by atoms with Crippen molar-refractivity contribution >= 4 is 6.29 Å². The van der Waals surface area contributed by atoms with Crippen LogP contribution in [0.5, 0.6) is 0 Å². The molecule has 0 spiro atoms. The van der Waals surface area contributed by atoms with Gasteiger partial charge < -0.3 is 5.32 Å². The summed E-state index contributed by atoms with van der Waals surface area (Å²) in [6.07, 6.45) is 2.10. The summed E-state index contributed by atoms with van der Waals surface area (Å²) in [7, 11) is 0. The van der Waals surface area contributed by atoms with E-state index in [1.54, 1.807) is 0 Å². The van der Waals surface area contributed by atoms with Crippen molar-refractivity contribution in [1.82, 2.24) is 5.32 Å². The maximum absolute atomic E-state index is 10.7. The molecule has 2 atom stereocenters. The van der Waals surface area contributed by atoms with Gasteiger partial charge in [0.25, 0.3) is 0 Å². The molecule has 1 aliphatic heterocycles. The molecule has 0 bridgehead atoms. The van der Waals surface area contributed by atoms with E-state index in [-0.39, 0.29) is 0 Å². The van der Waals surface area contributed by atoms with Crippen LogP contribution in [-0.4, -0.2) is 19.4 Å². The van der Waals surface area contributed by atoms with Gasteiger partial charge in [0.2, 0.25) is 0 Å². The lowest BCUT2D eigenvalue weighted by Gasteiger charge is -2.30. The number of aldehydes is 1. The van der Waals surface area contributed by atoms with Gasteiger partial charge in [0.05, 0.1) is 0 Å². The molecular formula is C13H17NO. The fourth-order valence-electron chi connectivity index (χ4n) is 2.37. The van der Waals surface area contributed by atoms with Gasteiger partial charge in [-0.2, -0.15) is 0 Å². The molecule has 80 valence electrons. The van der Waals surface area contributed by atoms with Crippen molar-refractivity contribution in [2.24, 2.45) is 5.92 Å². The van der Waals surface area contributed by atoms with E-state index in [1.165, 1.54) is 12.0 Å². The normalized spacial score (nSPS) is 26.2. The Morgan fingerprint density at radius 2 is 2.33 bits per heavy atom. The summed E-state index contributed by atoms with van der Waals surface area (Å²) in [5.74, 6) is 1.26. The Labute approximate surface area is 90.7 Å². The molecule has 0 aliphatic carbocycles. The molecule has 1 fully saturated rings. The molecule has 2 nitrogen and oxygen atoms in total. The molecule has 1 aromatic carbocycles. The molecule has 15 heavy (non-hydrogen) atoms. The summed E-state index contributed by atoms with van der Waals surface area (Å²) in [6, 6.07) is 8.01. The quantitative estimate of drug-likeness (QED) is 0.747. The Morgan fingerprint density at radius 1 is 1.47 bits per heavy atom. The largest absolute Gasteiger partial charge is 0.316 e. The number of carbonyl (C=O) groups excluding carboxylic acids is 1. The third-order valence-corrected chi connectivity index (χ3v) is 3.26. The van der Waals surface area contributed by atoms with E-state index in [2.05, 4.69) is 18.3 Å². The summed E-state index contributed by atoms with van der Waals surface area (Å²) < 4.78 is 0. The first-order valence-electron chi connectivity index (χ1n) is 5.57. The molecule has 0 aromatic heterocycles. The topological polar surface area (TPSA) is 29.1 Å². The number of piperidine rings is 1. The van der Waals surface area contributed by atoms with Crippen LogP contribution < -0.4 is 5.32 Å². The first-order chi connectivity index (χ1) is 7.31. The maximum atomic E-state index is 10.7. The second-order valence-corrected chi connectivity index (χ2v) is 4.36. The molecule has 0 radical (unpaired) electrons. The van der Waals surface area contributed by atoms with E-state index >= 15 is 0 Å². The molecule has 1 N–H and O–H groups in total. The van der Waals surface area contributed by atoms with Gasteiger partial charge in [-0.15, -0.1) is 0 Å². The fraction of sp³-hybridized carbons (Fsp3) is 0.462. The Bertz CT molecular complexity index is 348. The van der Waals surface area contributed by atoms with E-state index in [0.717, 1.165) is 24.9 Å². The number of nitrogens with one attached hydrogen (secondary N) is 1. The molecule has 1 aromatic rings. The van der Waals surface area contributed by atoms with Crippen LogP contribution in [0.2, 0.25) is 0 Å². The summed E-state index contributed by atoms with van der Waals surface area (Å²) in [5.41, 5.74) is 2.10. The van der Waals surface area contributed by atoms with Gasteiger partial charge in [-0.25, -0.2) is 0 Å². The molecule has 0 unspecified atom stereocenters. The lowest BCUT2D eigenvalue weighted by atomic mass is 9.82. The van der Waals surface area contributed by atoms with Crippen LogP contribution in [0.25, 0.3) is 0 Å². The average molecular weight is 203 g/mol. The van der Waals surface area contributed by atoms with Gasteiger partial charge in [0.1, 0.15) is 6.29 Å². The van der Waals surface area contributed by atoms with E-state index in [1.807, 2.05) is 18.2 Å². The fourth-order valence-corrected chi connectivity index (χ4v) is 2.37. The number of benzene rings is 1. The molecule has 0 saturated carbocycles. The van der Waals surface area contributed by atoms with E-state index in [0.29, 0.717) is 11.8 Å². The second-order valence-electron chi connectivity index (χ2n) is 4.36. The minimum atomic E-state index is 0.603. The van der Waals surface area contributed by atoms with Crippen LogP contribution in [0.15, 0.2) is 24.3 Å². The second kappa shape index (κ2) is 4.58. The van der Waals surface area contributed by atoms with E-state index in [4.69, 9.17) is 0 Å². The van der Waals surface area contributed by atoms with Crippen LogP contribution in [-0.2, 0) is 0 Å². The summed E-state index contributed by atoms with van der Waals surface area (Å²) >= 11 is 0. The van der Waals surface area contributed by atoms with Crippen molar-refractivity contribution in [1.29, 1.82) is 0 Å². The zero-order valence-electron chi connectivity index (χ0n) is 9.07. The van der Waals surface area contributed by atoms with Crippen LogP contribution in [0, 0.1) is 5.92 Å². The Hall–Kier alpha value is -1.15. The van der Waals surface area contributed by atoms with E-state index in [9.17, 15) is 4.79 Å². The summed E-state index contributed by atoms with van der Waals surface area (Å²) in [6.45, 7) is 4.43. The molecule has 1 saturated heterocycles. The van der Waals surface area contributed by atoms with Gasteiger partial charge >= 0.3 is 0 Å². The van der Waals surface area contributed by atoms with Gasteiger partial charge in [0, 0.05) is 5.56 Å². The van der Waals surface area contributed by atoms with Crippen molar-refractivity contribution in [2.45, 2.75) is 19.3 Å². The van der Waals surface area contributed by atoms with Gasteiger partial charge in [-0.1, -0.05) is 25.1 Å². The van der Waals surface area contributed by atoms with E-state index < -0.39 is 0 Å². The highest BCUT2D eigenvalue weighted by atomic mass is 16.1. The zero-order valence-corrected chi connectivity index (χ0v) is 9.07. The summed E-state index contributed by atoms with van der Waals surface area (Å²) in [4.78, 5) is 10.7. The van der Waals surface area contributed by atoms with Crippen LogP contribution in [0.1, 0.15) is 35.2 Å². The molecule has 0 amide bonds. The Balaban J connectivity index is 2.23. The standard InChI is InChI=1S/C13H17NO/c1-10-8-14-6-5-13(10)12-4-2-3-11(7-12)9-15/h2-4,7,9-10,13-14H,5-6,8H2,1H3/t10-,13-/m0/s1. The summed E-state index contributed by atoms with van der Waals surface area (Å²) in [5, 5.41) is 3.39. The molecule has 2 heteroatoms. The Morgan fingerprint density at radius 3 is 3.07 bits per heavy atom. The van der Waals surface area contributed by atoms with Crippen molar-refractivity contribution in [2.75, 3.05) is 13.1 Å². The highest BCUT2D eigenvalue weighted by Gasteiger charge is 2.22. The predicted octanol–water partition coefficient (Wildman–Crippen LogP) is 2.21. The minimum absolute atomic E-state index is 0.603. The average Bonchev–Trinajstić information content (AvgIpc) is 2.30.